The number of benzene rings is 1. The Bertz CT molecular complexity index is 341. The first-order valence-electron chi connectivity index (χ1n) is 6.21. The van der Waals surface area contributed by atoms with Gasteiger partial charge in [-0.3, -0.25) is 0 Å². The van der Waals surface area contributed by atoms with E-state index in [4.69, 9.17) is 0 Å². The minimum Gasteiger partial charge on any atom is -0.303 e. The number of carbonyl (C=O) groups is 1. The molecule has 0 saturated heterocycles. The van der Waals surface area contributed by atoms with E-state index in [1.807, 2.05) is 0 Å². The highest BCUT2D eigenvalue weighted by Gasteiger charge is 2.12. The Hall–Kier alpha value is -1.11. The highest BCUT2D eigenvalue weighted by Crippen LogP contribution is 2.24. The van der Waals surface area contributed by atoms with E-state index in [2.05, 4.69) is 39.0 Å². The third-order valence-electron chi connectivity index (χ3n) is 3.12. The van der Waals surface area contributed by atoms with Crippen LogP contribution in [-0.4, -0.2) is 6.29 Å². The molecule has 1 atom stereocenters. The summed E-state index contributed by atoms with van der Waals surface area (Å²) in [5.74, 6) is 0.0893. The topological polar surface area (TPSA) is 17.1 Å². The monoisotopic (exact) mass is 218 g/mol. The fourth-order valence-corrected chi connectivity index (χ4v) is 2.07. The lowest BCUT2D eigenvalue weighted by atomic mass is 9.90. The van der Waals surface area contributed by atoms with E-state index in [1.165, 1.54) is 29.5 Å². The van der Waals surface area contributed by atoms with Gasteiger partial charge < -0.3 is 4.79 Å². The molecule has 0 aliphatic rings. The number of hydrogen-bond acceptors (Lipinski definition) is 1. The predicted molar refractivity (Wildman–Crippen MR) is 68.9 cm³/mol. The largest absolute Gasteiger partial charge is 0.303 e. The molecule has 0 radical (unpaired) electrons. The number of carbonyl (C=O) groups excluding carboxylic acids is 1. The van der Waals surface area contributed by atoms with E-state index in [9.17, 15) is 4.79 Å². The van der Waals surface area contributed by atoms with Crippen LogP contribution in [0.2, 0.25) is 0 Å². The number of unbranched alkanes of at least 4 members (excludes halogenated alkanes) is 2. The van der Waals surface area contributed by atoms with Crippen LogP contribution in [0.4, 0.5) is 0 Å². The molecule has 0 aromatic heterocycles. The van der Waals surface area contributed by atoms with Gasteiger partial charge in [-0.25, -0.2) is 0 Å². The van der Waals surface area contributed by atoms with E-state index in [1.54, 1.807) is 0 Å². The second kappa shape index (κ2) is 6.47. The fraction of sp³-hybridized carbons (Fsp3) is 0.533. The molecule has 0 spiro atoms. The van der Waals surface area contributed by atoms with Gasteiger partial charge in [0.1, 0.15) is 6.29 Å². The maximum atomic E-state index is 11.2. The van der Waals surface area contributed by atoms with Gasteiger partial charge in [0.2, 0.25) is 0 Å². The molecule has 1 rings (SSSR count). The molecule has 0 amide bonds. The van der Waals surface area contributed by atoms with Crippen LogP contribution in [0.25, 0.3) is 0 Å². The molecular weight excluding hydrogens is 196 g/mol. The summed E-state index contributed by atoms with van der Waals surface area (Å²) in [4.78, 5) is 11.2. The van der Waals surface area contributed by atoms with Gasteiger partial charge in [-0.1, -0.05) is 49.9 Å². The Morgan fingerprint density at radius 3 is 2.62 bits per heavy atom. The van der Waals surface area contributed by atoms with E-state index in [-0.39, 0.29) is 5.92 Å². The second-order valence-corrected chi connectivity index (χ2v) is 4.60. The molecule has 1 unspecified atom stereocenters. The van der Waals surface area contributed by atoms with Gasteiger partial charge in [-0.15, -0.1) is 0 Å². The minimum absolute atomic E-state index is 0.0893. The van der Waals surface area contributed by atoms with Gasteiger partial charge in [0.25, 0.3) is 0 Å². The van der Waals surface area contributed by atoms with Crippen molar-refractivity contribution in [2.75, 3.05) is 0 Å². The Labute approximate surface area is 98.9 Å². The molecule has 0 aliphatic heterocycles. The first-order chi connectivity index (χ1) is 7.69. The second-order valence-electron chi connectivity index (χ2n) is 4.60. The Morgan fingerprint density at radius 1 is 1.25 bits per heavy atom. The van der Waals surface area contributed by atoms with Crippen molar-refractivity contribution in [2.24, 2.45) is 0 Å². The van der Waals surface area contributed by atoms with Crippen molar-refractivity contribution in [3.63, 3.8) is 0 Å². The van der Waals surface area contributed by atoms with Gasteiger partial charge in [-0.2, -0.15) is 0 Å². The summed E-state index contributed by atoms with van der Waals surface area (Å²) < 4.78 is 0. The van der Waals surface area contributed by atoms with Gasteiger partial charge in [0.05, 0.1) is 0 Å². The van der Waals surface area contributed by atoms with Crippen LogP contribution in [0.5, 0.6) is 0 Å². The third-order valence-corrected chi connectivity index (χ3v) is 3.12. The van der Waals surface area contributed by atoms with E-state index < -0.39 is 0 Å². The van der Waals surface area contributed by atoms with Crippen molar-refractivity contribution in [1.29, 1.82) is 0 Å². The molecule has 0 aliphatic carbocycles. The zero-order valence-corrected chi connectivity index (χ0v) is 10.6. The van der Waals surface area contributed by atoms with Crippen LogP contribution in [0, 0.1) is 13.8 Å². The standard InChI is InChI=1S/C15H22O/c1-4-5-6-7-14(11-16)15-10-12(2)8-9-13(15)3/h8-11,14H,4-7H2,1-3H3. The maximum absolute atomic E-state index is 11.2. The zero-order valence-electron chi connectivity index (χ0n) is 10.6. The molecule has 88 valence electrons. The molecule has 0 bridgehead atoms. The van der Waals surface area contributed by atoms with Crippen LogP contribution in [-0.2, 0) is 4.79 Å². The van der Waals surface area contributed by atoms with Gasteiger partial charge in [0.15, 0.2) is 0 Å². The Morgan fingerprint density at radius 2 is 2.00 bits per heavy atom. The SMILES string of the molecule is CCCCCC(C=O)c1cc(C)ccc1C. The molecular formula is C15H22O. The van der Waals surface area contributed by atoms with Crippen molar-refractivity contribution in [1.82, 2.24) is 0 Å². The molecule has 1 aromatic carbocycles. The minimum atomic E-state index is 0.0893. The van der Waals surface area contributed by atoms with Crippen LogP contribution < -0.4 is 0 Å². The number of rotatable bonds is 6. The fourth-order valence-electron chi connectivity index (χ4n) is 2.07. The number of hydrogen-bond donors (Lipinski definition) is 0. The van der Waals surface area contributed by atoms with Crippen molar-refractivity contribution < 1.29 is 4.79 Å². The van der Waals surface area contributed by atoms with E-state index >= 15 is 0 Å². The predicted octanol–water partition coefficient (Wildman–Crippen LogP) is 4.17. The average Bonchev–Trinajstić information content (AvgIpc) is 2.28. The van der Waals surface area contributed by atoms with Crippen LogP contribution in [0.3, 0.4) is 0 Å². The molecule has 1 aromatic rings. The Balaban J connectivity index is 2.77. The lowest BCUT2D eigenvalue weighted by Crippen LogP contribution is -2.03. The lowest BCUT2D eigenvalue weighted by molar-refractivity contribution is -0.109. The van der Waals surface area contributed by atoms with E-state index in [0.29, 0.717) is 0 Å². The summed E-state index contributed by atoms with van der Waals surface area (Å²) in [6, 6.07) is 6.37. The molecule has 1 nitrogen and oxygen atoms in total. The first kappa shape index (κ1) is 13.0. The highest BCUT2D eigenvalue weighted by molar-refractivity contribution is 5.63. The molecule has 16 heavy (non-hydrogen) atoms. The van der Waals surface area contributed by atoms with Crippen LogP contribution >= 0.6 is 0 Å². The smallest absolute Gasteiger partial charge is 0.127 e. The summed E-state index contributed by atoms with van der Waals surface area (Å²) in [5, 5.41) is 0. The van der Waals surface area contributed by atoms with Gasteiger partial charge in [-0.05, 0) is 31.4 Å². The van der Waals surface area contributed by atoms with E-state index in [0.717, 1.165) is 19.1 Å². The number of aldehydes is 1. The summed E-state index contributed by atoms with van der Waals surface area (Å²) in [7, 11) is 0. The quantitative estimate of drug-likeness (QED) is 0.517. The molecule has 0 N–H and O–H groups in total. The third kappa shape index (κ3) is 3.48. The first-order valence-corrected chi connectivity index (χ1v) is 6.21. The zero-order chi connectivity index (χ0) is 12.0. The van der Waals surface area contributed by atoms with Crippen LogP contribution in [0.15, 0.2) is 18.2 Å². The number of aryl methyl sites for hydroxylation is 2. The van der Waals surface area contributed by atoms with Crippen LogP contribution in [0.1, 0.15) is 55.2 Å². The summed E-state index contributed by atoms with van der Waals surface area (Å²) in [6.45, 7) is 6.36. The molecule has 1 heteroatoms. The van der Waals surface area contributed by atoms with Crippen molar-refractivity contribution in [3.05, 3.63) is 34.9 Å². The van der Waals surface area contributed by atoms with Crippen molar-refractivity contribution in [2.45, 2.75) is 52.4 Å². The lowest BCUT2D eigenvalue weighted by Gasteiger charge is -2.14. The molecule has 0 heterocycles. The summed E-state index contributed by atoms with van der Waals surface area (Å²) >= 11 is 0. The summed E-state index contributed by atoms with van der Waals surface area (Å²) in [5.41, 5.74) is 3.69. The maximum Gasteiger partial charge on any atom is 0.127 e. The molecule has 0 saturated carbocycles. The van der Waals surface area contributed by atoms with Crippen molar-refractivity contribution in [3.8, 4) is 0 Å². The highest BCUT2D eigenvalue weighted by atomic mass is 16.1. The Kier molecular flexibility index (Phi) is 5.24. The van der Waals surface area contributed by atoms with Gasteiger partial charge >= 0.3 is 0 Å². The molecule has 0 fully saturated rings. The average molecular weight is 218 g/mol. The van der Waals surface area contributed by atoms with Gasteiger partial charge in [0, 0.05) is 5.92 Å². The summed E-state index contributed by atoms with van der Waals surface area (Å²) in [6.07, 6.45) is 5.67. The van der Waals surface area contributed by atoms with Crippen molar-refractivity contribution >= 4 is 6.29 Å². The normalized spacial score (nSPS) is 12.4.